The summed E-state index contributed by atoms with van der Waals surface area (Å²) < 4.78 is 4.83. The highest BCUT2D eigenvalue weighted by molar-refractivity contribution is 5.81. The molecular weight excluding hydrogens is 196 g/mol. The van der Waals surface area contributed by atoms with Crippen LogP contribution in [-0.2, 0) is 14.4 Å². The van der Waals surface area contributed by atoms with Gasteiger partial charge in [0.2, 0.25) is 0 Å². The number of carbonyl (C=O) groups excluding carboxylic acids is 1. The highest BCUT2D eigenvalue weighted by Gasteiger charge is 2.12. The third kappa shape index (κ3) is 19.5. The lowest BCUT2D eigenvalue weighted by atomic mass is 10.2. The Morgan fingerprint density at radius 1 is 1.13 bits per heavy atom. The summed E-state index contributed by atoms with van der Waals surface area (Å²) in [6, 6.07) is 0. The Bertz CT molecular complexity index is 196. The van der Waals surface area contributed by atoms with Crippen LogP contribution in [0.1, 0.15) is 41.5 Å². The first-order valence-electron chi connectivity index (χ1n) is 4.70. The summed E-state index contributed by atoms with van der Waals surface area (Å²) in [5.74, 6) is -0.373. The quantitative estimate of drug-likeness (QED) is 0.318. The van der Waals surface area contributed by atoms with E-state index in [0.29, 0.717) is 0 Å². The van der Waals surface area contributed by atoms with Gasteiger partial charge in [-0.2, -0.15) is 0 Å². The zero-order valence-corrected chi connectivity index (χ0v) is 10.5. The predicted octanol–water partition coefficient (Wildman–Crippen LogP) is 2.79. The first kappa shape index (κ1) is 16.6. The largest absolute Gasteiger partial charge is 0.457 e. The van der Waals surface area contributed by atoms with Gasteiger partial charge in [0.1, 0.15) is 5.60 Å². The molecule has 4 nitrogen and oxygen atoms in total. The van der Waals surface area contributed by atoms with Gasteiger partial charge in [-0.25, -0.2) is 9.68 Å². The average Bonchev–Trinajstić information content (AvgIpc) is 2.01. The van der Waals surface area contributed by atoms with Gasteiger partial charge in [0.15, 0.2) is 0 Å². The van der Waals surface area contributed by atoms with Crippen LogP contribution < -0.4 is 0 Å². The molecule has 0 aliphatic heterocycles. The molecule has 0 amide bonds. The zero-order valence-electron chi connectivity index (χ0n) is 10.5. The molecular formula is C11H22O4. The maximum Gasteiger partial charge on any atom is 0.330 e. The molecule has 0 bridgehead atoms. The predicted molar refractivity (Wildman–Crippen MR) is 59.5 cm³/mol. The normalized spacial score (nSPS) is 11.1. The molecule has 0 aromatic rings. The van der Waals surface area contributed by atoms with Gasteiger partial charge in [0.25, 0.3) is 0 Å². The Balaban J connectivity index is 0. The molecule has 0 aliphatic carbocycles. The van der Waals surface area contributed by atoms with Crippen LogP contribution >= 0.6 is 0 Å². The van der Waals surface area contributed by atoms with Gasteiger partial charge in [-0.15, -0.1) is 0 Å². The highest BCUT2D eigenvalue weighted by Crippen LogP contribution is 2.06. The first-order valence-corrected chi connectivity index (χ1v) is 4.70. The van der Waals surface area contributed by atoms with E-state index >= 15 is 0 Å². The van der Waals surface area contributed by atoms with Crippen molar-refractivity contribution in [3.8, 4) is 0 Å². The summed E-state index contributed by atoms with van der Waals surface area (Å²) >= 11 is 0. The molecule has 15 heavy (non-hydrogen) atoms. The van der Waals surface area contributed by atoms with Crippen molar-refractivity contribution in [2.45, 2.75) is 52.7 Å². The molecule has 0 saturated heterocycles. The van der Waals surface area contributed by atoms with Gasteiger partial charge >= 0.3 is 5.97 Å². The maximum absolute atomic E-state index is 10.5. The molecule has 0 spiro atoms. The molecule has 0 rings (SSSR count). The van der Waals surface area contributed by atoms with Gasteiger partial charge in [-0.3, -0.25) is 5.26 Å². The summed E-state index contributed by atoms with van der Waals surface area (Å²) in [5.41, 5.74) is -0.800. The smallest absolute Gasteiger partial charge is 0.330 e. The standard InChI is InChI=1S/C7H12O2.C4H10O2/c1-5-6(8)9-7(2,3)4;1-4(2,3)6-5/h5H,1H2,2-4H3;5H,1-3H3. The highest BCUT2D eigenvalue weighted by atomic mass is 17.1. The number of hydrogen-bond acceptors (Lipinski definition) is 4. The van der Waals surface area contributed by atoms with E-state index < -0.39 is 11.2 Å². The van der Waals surface area contributed by atoms with E-state index in [9.17, 15) is 4.79 Å². The fourth-order valence-electron chi connectivity index (χ4n) is 0.343. The fraction of sp³-hybridized carbons (Fsp3) is 0.727. The minimum atomic E-state index is -0.403. The topological polar surface area (TPSA) is 55.8 Å². The number of ether oxygens (including phenoxy) is 1. The lowest BCUT2D eigenvalue weighted by Gasteiger charge is -2.17. The lowest BCUT2D eigenvalue weighted by Crippen LogP contribution is -2.22. The SMILES string of the molecule is C=CC(=O)OC(C)(C)C.CC(C)(C)OO. The lowest BCUT2D eigenvalue weighted by molar-refractivity contribution is -0.306. The van der Waals surface area contributed by atoms with Crippen LogP contribution in [0.3, 0.4) is 0 Å². The second-order valence-corrected chi connectivity index (χ2v) is 4.94. The van der Waals surface area contributed by atoms with Gasteiger partial charge in [-0.05, 0) is 41.5 Å². The molecule has 1 N–H and O–H groups in total. The number of carbonyl (C=O) groups is 1. The molecule has 0 aliphatic rings. The van der Waals surface area contributed by atoms with Crippen molar-refractivity contribution in [1.29, 1.82) is 0 Å². The van der Waals surface area contributed by atoms with Crippen molar-refractivity contribution in [2.24, 2.45) is 0 Å². The van der Waals surface area contributed by atoms with Gasteiger partial charge in [-0.1, -0.05) is 6.58 Å². The van der Waals surface area contributed by atoms with Crippen LogP contribution in [0.25, 0.3) is 0 Å². The minimum Gasteiger partial charge on any atom is -0.457 e. The van der Waals surface area contributed by atoms with E-state index in [-0.39, 0.29) is 5.97 Å². The van der Waals surface area contributed by atoms with E-state index in [0.717, 1.165) is 6.08 Å². The summed E-state index contributed by atoms with van der Waals surface area (Å²) in [6.07, 6.45) is 1.16. The van der Waals surface area contributed by atoms with Crippen LogP contribution in [0.4, 0.5) is 0 Å². The van der Waals surface area contributed by atoms with Crippen molar-refractivity contribution in [1.82, 2.24) is 0 Å². The molecule has 0 atom stereocenters. The van der Waals surface area contributed by atoms with E-state index in [2.05, 4.69) is 11.5 Å². The molecule has 4 heteroatoms. The van der Waals surface area contributed by atoms with Gasteiger partial charge in [0.05, 0.1) is 5.60 Å². The molecule has 90 valence electrons. The first-order chi connectivity index (χ1) is 6.52. The number of esters is 1. The van der Waals surface area contributed by atoms with Crippen LogP contribution in [0.15, 0.2) is 12.7 Å². The third-order valence-corrected chi connectivity index (χ3v) is 0.847. The van der Waals surface area contributed by atoms with E-state index in [4.69, 9.17) is 9.99 Å². The molecule has 0 heterocycles. The maximum atomic E-state index is 10.5. The number of hydrogen-bond donors (Lipinski definition) is 1. The van der Waals surface area contributed by atoms with Crippen LogP contribution in [-0.4, -0.2) is 22.4 Å². The molecule has 0 unspecified atom stereocenters. The van der Waals surface area contributed by atoms with E-state index in [1.807, 2.05) is 20.8 Å². The Morgan fingerprint density at radius 3 is 1.53 bits per heavy atom. The Morgan fingerprint density at radius 2 is 1.47 bits per heavy atom. The monoisotopic (exact) mass is 218 g/mol. The molecule has 0 aromatic carbocycles. The molecule has 0 fully saturated rings. The summed E-state index contributed by atoms with van der Waals surface area (Å²) in [7, 11) is 0. The van der Waals surface area contributed by atoms with Crippen molar-refractivity contribution in [3.63, 3.8) is 0 Å². The average molecular weight is 218 g/mol. The molecule has 0 aromatic heterocycles. The van der Waals surface area contributed by atoms with Crippen molar-refractivity contribution in [3.05, 3.63) is 12.7 Å². The van der Waals surface area contributed by atoms with Crippen LogP contribution in [0.5, 0.6) is 0 Å². The summed E-state index contributed by atoms with van der Waals surface area (Å²) in [6.45, 7) is 14.0. The van der Waals surface area contributed by atoms with Gasteiger partial charge < -0.3 is 4.74 Å². The van der Waals surface area contributed by atoms with Crippen LogP contribution in [0, 0.1) is 0 Å². The fourth-order valence-corrected chi connectivity index (χ4v) is 0.343. The van der Waals surface area contributed by atoms with E-state index in [1.54, 1.807) is 20.8 Å². The second kappa shape index (κ2) is 6.58. The van der Waals surface area contributed by atoms with Crippen LogP contribution in [0.2, 0.25) is 0 Å². The molecule has 0 radical (unpaired) electrons. The van der Waals surface area contributed by atoms with Crippen molar-refractivity contribution >= 4 is 5.97 Å². The zero-order chi connectivity index (χ0) is 12.7. The van der Waals surface area contributed by atoms with Gasteiger partial charge in [0, 0.05) is 6.08 Å². The molecule has 0 saturated carbocycles. The van der Waals surface area contributed by atoms with Crippen molar-refractivity contribution in [2.75, 3.05) is 0 Å². The Hall–Kier alpha value is -0.870. The summed E-state index contributed by atoms with van der Waals surface area (Å²) in [5, 5.41) is 7.90. The minimum absolute atomic E-state index is 0.373. The Kier molecular flexibility index (Phi) is 7.27. The second-order valence-electron chi connectivity index (χ2n) is 4.94. The van der Waals surface area contributed by atoms with Crippen molar-refractivity contribution < 1.29 is 19.7 Å². The van der Waals surface area contributed by atoms with E-state index in [1.165, 1.54) is 0 Å². The summed E-state index contributed by atoms with van der Waals surface area (Å²) in [4.78, 5) is 14.4. The third-order valence-electron chi connectivity index (χ3n) is 0.847. The Labute approximate surface area is 91.8 Å². The number of rotatable bonds is 1.